The number of hydrogen-bond donors (Lipinski definition) is 1. The Morgan fingerprint density at radius 2 is 2.00 bits per heavy atom. The summed E-state index contributed by atoms with van der Waals surface area (Å²) in [7, 11) is 0. The number of benzene rings is 1. The second-order valence-corrected chi connectivity index (χ2v) is 6.19. The van der Waals surface area contributed by atoms with E-state index < -0.39 is 0 Å². The van der Waals surface area contributed by atoms with Gasteiger partial charge in [0, 0.05) is 22.6 Å². The van der Waals surface area contributed by atoms with Crippen molar-refractivity contribution in [3.8, 4) is 12.0 Å². The van der Waals surface area contributed by atoms with E-state index in [1.165, 1.54) is 0 Å². The SMILES string of the molecule is Cc1cc(NC(=O)c2c(C)oc(-n3cccc3)c2C#N)ccc1Br. The fraction of sp³-hybridized carbons (Fsp3) is 0.111. The zero-order valence-electron chi connectivity index (χ0n) is 13.1. The number of carbonyl (C=O) groups excluding carboxylic acids is 1. The molecule has 1 N–H and O–H groups in total. The number of nitriles is 1. The van der Waals surface area contributed by atoms with E-state index in [2.05, 4.69) is 27.3 Å². The first kappa shape index (κ1) is 16.1. The maximum Gasteiger partial charge on any atom is 0.260 e. The van der Waals surface area contributed by atoms with Gasteiger partial charge in [-0.05, 0) is 49.7 Å². The number of hydrogen-bond acceptors (Lipinski definition) is 3. The van der Waals surface area contributed by atoms with Gasteiger partial charge in [-0.25, -0.2) is 0 Å². The van der Waals surface area contributed by atoms with Crippen molar-refractivity contribution in [2.75, 3.05) is 5.32 Å². The van der Waals surface area contributed by atoms with Crippen LogP contribution in [-0.4, -0.2) is 10.5 Å². The molecule has 0 atom stereocenters. The van der Waals surface area contributed by atoms with Crippen molar-refractivity contribution in [1.29, 1.82) is 5.26 Å². The lowest BCUT2D eigenvalue weighted by molar-refractivity contribution is 0.102. The van der Waals surface area contributed by atoms with Crippen LogP contribution in [0.5, 0.6) is 0 Å². The maximum absolute atomic E-state index is 12.7. The standard InChI is InChI=1S/C18H14BrN3O2/c1-11-9-13(5-6-15(11)19)21-17(23)16-12(2)24-18(14(16)10-20)22-7-3-4-8-22/h3-9H,1-2H3,(H,21,23). The lowest BCUT2D eigenvalue weighted by Crippen LogP contribution is -2.14. The minimum absolute atomic E-state index is 0.218. The van der Waals surface area contributed by atoms with Gasteiger partial charge in [-0.15, -0.1) is 0 Å². The molecule has 24 heavy (non-hydrogen) atoms. The van der Waals surface area contributed by atoms with Crippen LogP contribution in [0.1, 0.15) is 27.2 Å². The Morgan fingerprint density at radius 3 is 2.62 bits per heavy atom. The number of aromatic nitrogens is 1. The summed E-state index contributed by atoms with van der Waals surface area (Å²) < 4.78 is 8.29. The third-order valence-corrected chi connectivity index (χ3v) is 4.55. The normalized spacial score (nSPS) is 10.4. The number of carbonyl (C=O) groups is 1. The summed E-state index contributed by atoms with van der Waals surface area (Å²) in [5, 5.41) is 12.3. The molecule has 3 aromatic rings. The Balaban J connectivity index is 1.98. The molecular weight excluding hydrogens is 370 g/mol. The number of anilines is 1. The Kier molecular flexibility index (Phi) is 4.28. The summed E-state index contributed by atoms with van der Waals surface area (Å²) in [4.78, 5) is 12.7. The van der Waals surface area contributed by atoms with Gasteiger partial charge in [0.2, 0.25) is 5.88 Å². The van der Waals surface area contributed by atoms with Crippen LogP contribution in [0.3, 0.4) is 0 Å². The first-order valence-corrected chi connectivity index (χ1v) is 8.05. The Bertz CT molecular complexity index is 950. The Labute approximate surface area is 147 Å². The highest BCUT2D eigenvalue weighted by molar-refractivity contribution is 9.10. The summed E-state index contributed by atoms with van der Waals surface area (Å²) in [6, 6.07) is 11.2. The summed E-state index contributed by atoms with van der Waals surface area (Å²) in [5.74, 6) is 0.381. The molecule has 2 heterocycles. The summed E-state index contributed by atoms with van der Waals surface area (Å²) in [6.07, 6.45) is 3.53. The zero-order valence-corrected chi connectivity index (χ0v) is 14.7. The molecule has 120 valence electrons. The van der Waals surface area contributed by atoms with Crippen LogP contribution in [0.15, 0.2) is 51.6 Å². The molecular formula is C18H14BrN3O2. The molecule has 0 spiro atoms. The van der Waals surface area contributed by atoms with Gasteiger partial charge in [-0.1, -0.05) is 15.9 Å². The van der Waals surface area contributed by atoms with Gasteiger partial charge in [0.1, 0.15) is 23.0 Å². The average Bonchev–Trinajstić information content (AvgIpc) is 3.17. The number of nitrogens with one attached hydrogen (secondary N) is 1. The molecule has 0 radical (unpaired) electrons. The van der Waals surface area contributed by atoms with Gasteiger partial charge >= 0.3 is 0 Å². The zero-order chi connectivity index (χ0) is 17.3. The minimum Gasteiger partial charge on any atom is -0.443 e. The van der Waals surface area contributed by atoms with Crippen molar-refractivity contribution in [2.24, 2.45) is 0 Å². The van der Waals surface area contributed by atoms with E-state index in [-0.39, 0.29) is 17.0 Å². The van der Waals surface area contributed by atoms with E-state index >= 15 is 0 Å². The second-order valence-electron chi connectivity index (χ2n) is 5.33. The largest absolute Gasteiger partial charge is 0.443 e. The molecule has 0 fully saturated rings. The molecule has 5 nitrogen and oxygen atoms in total. The minimum atomic E-state index is -0.368. The maximum atomic E-state index is 12.7. The van der Waals surface area contributed by atoms with E-state index in [1.54, 1.807) is 30.0 Å². The predicted octanol–water partition coefficient (Wildman–Crippen LogP) is 4.57. The van der Waals surface area contributed by atoms with Crippen molar-refractivity contribution < 1.29 is 9.21 Å². The molecule has 2 aromatic heterocycles. The molecule has 1 aromatic carbocycles. The molecule has 0 aliphatic heterocycles. The van der Waals surface area contributed by atoms with Crippen molar-refractivity contribution >= 4 is 27.5 Å². The molecule has 0 bridgehead atoms. The first-order chi connectivity index (χ1) is 11.5. The highest BCUT2D eigenvalue weighted by Crippen LogP contribution is 2.27. The van der Waals surface area contributed by atoms with Gasteiger partial charge in [0.05, 0.1) is 0 Å². The van der Waals surface area contributed by atoms with Crippen molar-refractivity contribution in [3.63, 3.8) is 0 Å². The number of rotatable bonds is 3. The molecule has 0 saturated carbocycles. The molecule has 0 aliphatic rings. The fourth-order valence-corrected chi connectivity index (χ4v) is 2.72. The lowest BCUT2D eigenvalue weighted by Gasteiger charge is -2.07. The molecule has 6 heteroatoms. The van der Waals surface area contributed by atoms with E-state index in [0.29, 0.717) is 17.3 Å². The quantitative estimate of drug-likeness (QED) is 0.719. The number of aryl methyl sites for hydroxylation is 2. The first-order valence-electron chi connectivity index (χ1n) is 7.25. The Morgan fingerprint density at radius 1 is 1.29 bits per heavy atom. The number of nitrogens with zero attached hydrogens (tertiary/aromatic N) is 2. The van der Waals surface area contributed by atoms with Gasteiger partial charge in [-0.3, -0.25) is 9.36 Å². The smallest absolute Gasteiger partial charge is 0.260 e. The number of furan rings is 1. The van der Waals surface area contributed by atoms with Crippen LogP contribution < -0.4 is 5.32 Å². The summed E-state index contributed by atoms with van der Waals surface area (Å²) >= 11 is 3.43. The Hall–Kier alpha value is -2.78. The number of amides is 1. The third kappa shape index (κ3) is 2.86. The van der Waals surface area contributed by atoms with E-state index in [0.717, 1.165) is 10.0 Å². The predicted molar refractivity (Wildman–Crippen MR) is 94.3 cm³/mol. The van der Waals surface area contributed by atoms with Crippen molar-refractivity contribution in [3.05, 3.63) is 69.6 Å². The van der Waals surface area contributed by atoms with Crippen LogP contribution in [0, 0.1) is 25.2 Å². The van der Waals surface area contributed by atoms with Gasteiger partial charge in [-0.2, -0.15) is 5.26 Å². The van der Waals surface area contributed by atoms with E-state index in [4.69, 9.17) is 4.42 Å². The molecule has 3 rings (SSSR count). The molecule has 0 saturated heterocycles. The van der Waals surface area contributed by atoms with Crippen LogP contribution in [-0.2, 0) is 0 Å². The summed E-state index contributed by atoms with van der Waals surface area (Å²) in [5.41, 5.74) is 2.13. The van der Waals surface area contributed by atoms with Crippen LogP contribution in [0.25, 0.3) is 5.88 Å². The van der Waals surface area contributed by atoms with Crippen LogP contribution in [0.4, 0.5) is 5.69 Å². The van der Waals surface area contributed by atoms with Gasteiger partial charge in [0.15, 0.2) is 0 Å². The molecule has 1 amide bonds. The highest BCUT2D eigenvalue weighted by Gasteiger charge is 2.24. The van der Waals surface area contributed by atoms with E-state index in [9.17, 15) is 10.1 Å². The second kappa shape index (κ2) is 6.38. The summed E-state index contributed by atoms with van der Waals surface area (Å²) in [6.45, 7) is 3.61. The molecule has 0 aliphatic carbocycles. The van der Waals surface area contributed by atoms with Crippen molar-refractivity contribution in [2.45, 2.75) is 13.8 Å². The number of halogens is 1. The highest BCUT2D eigenvalue weighted by atomic mass is 79.9. The van der Waals surface area contributed by atoms with E-state index in [1.807, 2.05) is 31.2 Å². The average molecular weight is 384 g/mol. The van der Waals surface area contributed by atoms with Crippen molar-refractivity contribution in [1.82, 2.24) is 4.57 Å². The topological polar surface area (TPSA) is 71.0 Å². The van der Waals surface area contributed by atoms with Crippen LogP contribution >= 0.6 is 15.9 Å². The van der Waals surface area contributed by atoms with Crippen LogP contribution in [0.2, 0.25) is 0 Å². The van der Waals surface area contributed by atoms with Gasteiger partial charge < -0.3 is 9.73 Å². The third-order valence-electron chi connectivity index (χ3n) is 3.66. The fourth-order valence-electron chi connectivity index (χ4n) is 2.47. The lowest BCUT2D eigenvalue weighted by atomic mass is 10.1. The monoisotopic (exact) mass is 383 g/mol. The molecule has 0 unspecified atom stereocenters. The van der Waals surface area contributed by atoms with Gasteiger partial charge in [0.25, 0.3) is 5.91 Å².